The lowest BCUT2D eigenvalue weighted by Crippen LogP contribution is -2.05. The molecule has 0 fully saturated rings. The third kappa shape index (κ3) is 2.88. The third-order valence-electron chi connectivity index (χ3n) is 2.55. The number of benzene rings is 1. The summed E-state index contributed by atoms with van der Waals surface area (Å²) in [6.45, 7) is 3.14. The van der Waals surface area contributed by atoms with Gasteiger partial charge in [0.15, 0.2) is 5.82 Å². The zero-order valence-corrected chi connectivity index (χ0v) is 11.0. The average molecular weight is 247 g/mol. The number of rotatable bonds is 5. The van der Waals surface area contributed by atoms with Crippen molar-refractivity contribution < 1.29 is 0 Å². The number of hydrogen-bond donors (Lipinski definition) is 1. The Morgan fingerprint density at radius 2 is 1.88 bits per heavy atom. The molecular formula is C13H17N3S. The van der Waals surface area contributed by atoms with Gasteiger partial charge in [-0.15, -0.1) is 11.8 Å². The van der Waals surface area contributed by atoms with Gasteiger partial charge in [-0.1, -0.05) is 25.5 Å². The van der Waals surface area contributed by atoms with Crippen LogP contribution in [0.25, 0.3) is 11.0 Å². The lowest BCUT2D eigenvalue weighted by Gasteiger charge is -2.09. The summed E-state index contributed by atoms with van der Waals surface area (Å²) < 4.78 is 0. The summed E-state index contributed by atoms with van der Waals surface area (Å²) in [6, 6.07) is 7.98. The van der Waals surface area contributed by atoms with Gasteiger partial charge in [0.25, 0.3) is 0 Å². The van der Waals surface area contributed by atoms with Crippen molar-refractivity contribution in [1.82, 2.24) is 9.97 Å². The Morgan fingerprint density at radius 1 is 1.18 bits per heavy atom. The highest BCUT2D eigenvalue weighted by Crippen LogP contribution is 2.24. The van der Waals surface area contributed by atoms with Gasteiger partial charge in [0.05, 0.1) is 11.0 Å². The van der Waals surface area contributed by atoms with Gasteiger partial charge in [-0.2, -0.15) is 0 Å². The van der Waals surface area contributed by atoms with E-state index in [0.29, 0.717) is 0 Å². The van der Waals surface area contributed by atoms with Crippen LogP contribution in [-0.4, -0.2) is 22.8 Å². The molecule has 0 atom stereocenters. The summed E-state index contributed by atoms with van der Waals surface area (Å²) in [5, 5.41) is 4.33. The molecule has 0 unspecified atom stereocenters. The molecule has 0 aliphatic heterocycles. The summed E-state index contributed by atoms with van der Waals surface area (Å²) in [6.07, 6.45) is 4.37. The van der Waals surface area contributed by atoms with E-state index < -0.39 is 0 Å². The lowest BCUT2D eigenvalue weighted by molar-refractivity contribution is 0.827. The molecule has 0 aliphatic carbocycles. The first-order chi connectivity index (χ1) is 8.35. The van der Waals surface area contributed by atoms with E-state index in [0.717, 1.165) is 34.8 Å². The van der Waals surface area contributed by atoms with Crippen molar-refractivity contribution >= 4 is 28.6 Å². The highest BCUT2D eigenvalue weighted by Gasteiger charge is 2.06. The standard InChI is InChI=1S/C13H17N3S/c1-3-4-9-14-12-13(17-2)16-11-8-6-5-7-10(11)15-12/h5-8H,3-4,9H2,1-2H3,(H,14,15). The fourth-order valence-corrected chi connectivity index (χ4v) is 2.13. The van der Waals surface area contributed by atoms with Gasteiger partial charge < -0.3 is 5.32 Å². The van der Waals surface area contributed by atoms with Crippen molar-refractivity contribution in [3.8, 4) is 0 Å². The molecule has 0 radical (unpaired) electrons. The van der Waals surface area contributed by atoms with Gasteiger partial charge in [-0.25, -0.2) is 9.97 Å². The topological polar surface area (TPSA) is 37.8 Å². The molecule has 0 saturated carbocycles. The number of thioether (sulfide) groups is 1. The number of aromatic nitrogens is 2. The minimum Gasteiger partial charge on any atom is -0.368 e. The predicted octanol–water partition coefficient (Wildman–Crippen LogP) is 3.56. The van der Waals surface area contributed by atoms with Gasteiger partial charge in [0.2, 0.25) is 0 Å². The largest absolute Gasteiger partial charge is 0.368 e. The molecule has 0 saturated heterocycles. The highest BCUT2D eigenvalue weighted by atomic mass is 32.2. The second kappa shape index (κ2) is 5.87. The van der Waals surface area contributed by atoms with E-state index in [1.54, 1.807) is 11.8 Å². The van der Waals surface area contributed by atoms with Crippen molar-refractivity contribution in [3.05, 3.63) is 24.3 Å². The van der Waals surface area contributed by atoms with Crippen LogP contribution < -0.4 is 5.32 Å². The zero-order valence-electron chi connectivity index (χ0n) is 10.2. The Labute approximate surface area is 106 Å². The smallest absolute Gasteiger partial charge is 0.159 e. The maximum atomic E-state index is 4.62. The number of fused-ring (bicyclic) bond motifs is 1. The molecule has 0 aliphatic rings. The SMILES string of the molecule is CCCCNc1nc2ccccc2nc1SC. The predicted molar refractivity (Wildman–Crippen MR) is 74.7 cm³/mol. The van der Waals surface area contributed by atoms with Crippen LogP contribution in [0, 0.1) is 0 Å². The Bertz CT molecular complexity index is 499. The highest BCUT2D eigenvalue weighted by molar-refractivity contribution is 7.98. The van der Waals surface area contributed by atoms with Crippen molar-refractivity contribution in [3.63, 3.8) is 0 Å². The second-order valence-corrected chi connectivity index (χ2v) is 4.65. The zero-order chi connectivity index (χ0) is 12.1. The number of para-hydroxylation sites is 2. The fourth-order valence-electron chi connectivity index (χ4n) is 1.62. The van der Waals surface area contributed by atoms with E-state index in [9.17, 15) is 0 Å². The van der Waals surface area contributed by atoms with Gasteiger partial charge in [-0.05, 0) is 24.8 Å². The first kappa shape index (κ1) is 12.2. The van der Waals surface area contributed by atoms with E-state index in [4.69, 9.17) is 0 Å². The van der Waals surface area contributed by atoms with Crippen molar-refractivity contribution in [2.45, 2.75) is 24.8 Å². The maximum Gasteiger partial charge on any atom is 0.159 e. The Balaban J connectivity index is 2.32. The van der Waals surface area contributed by atoms with E-state index in [-0.39, 0.29) is 0 Å². The molecule has 2 aromatic rings. The first-order valence-corrected chi connectivity index (χ1v) is 7.12. The van der Waals surface area contributed by atoms with Gasteiger partial charge in [0, 0.05) is 6.54 Å². The van der Waals surface area contributed by atoms with E-state index in [1.807, 2.05) is 30.5 Å². The van der Waals surface area contributed by atoms with Crippen LogP contribution in [0.5, 0.6) is 0 Å². The minimum absolute atomic E-state index is 0.907. The molecular weight excluding hydrogens is 230 g/mol. The molecule has 1 heterocycles. The molecule has 3 nitrogen and oxygen atoms in total. The van der Waals surface area contributed by atoms with E-state index in [2.05, 4.69) is 22.2 Å². The summed E-state index contributed by atoms with van der Waals surface area (Å²) in [7, 11) is 0. The molecule has 0 amide bonds. The van der Waals surface area contributed by atoms with Crippen molar-refractivity contribution in [2.75, 3.05) is 18.1 Å². The molecule has 4 heteroatoms. The van der Waals surface area contributed by atoms with Crippen LogP contribution in [0.4, 0.5) is 5.82 Å². The van der Waals surface area contributed by atoms with Crippen LogP contribution in [0.2, 0.25) is 0 Å². The summed E-state index contributed by atoms with van der Waals surface area (Å²) in [5.41, 5.74) is 1.90. The lowest BCUT2D eigenvalue weighted by atomic mass is 10.3. The second-order valence-electron chi connectivity index (χ2n) is 3.85. The molecule has 90 valence electrons. The van der Waals surface area contributed by atoms with Crippen LogP contribution in [0.15, 0.2) is 29.3 Å². The van der Waals surface area contributed by atoms with E-state index in [1.165, 1.54) is 6.42 Å². The molecule has 1 N–H and O–H groups in total. The van der Waals surface area contributed by atoms with Crippen LogP contribution >= 0.6 is 11.8 Å². The van der Waals surface area contributed by atoms with E-state index >= 15 is 0 Å². The number of unbranched alkanes of at least 4 members (excludes halogenated alkanes) is 1. The first-order valence-electron chi connectivity index (χ1n) is 5.89. The van der Waals surface area contributed by atoms with Crippen molar-refractivity contribution in [2.24, 2.45) is 0 Å². The van der Waals surface area contributed by atoms with Gasteiger partial charge in [0.1, 0.15) is 5.03 Å². The molecule has 1 aromatic carbocycles. The van der Waals surface area contributed by atoms with Crippen LogP contribution in [0.1, 0.15) is 19.8 Å². The Kier molecular flexibility index (Phi) is 4.20. The summed E-state index contributed by atoms with van der Waals surface area (Å²) in [5.74, 6) is 0.907. The number of hydrogen-bond acceptors (Lipinski definition) is 4. The molecule has 0 bridgehead atoms. The molecule has 1 aromatic heterocycles. The summed E-state index contributed by atoms with van der Waals surface area (Å²) >= 11 is 1.63. The monoisotopic (exact) mass is 247 g/mol. The molecule has 2 rings (SSSR count). The van der Waals surface area contributed by atoms with Gasteiger partial charge in [-0.3, -0.25) is 0 Å². The third-order valence-corrected chi connectivity index (χ3v) is 3.23. The van der Waals surface area contributed by atoms with Crippen LogP contribution in [0.3, 0.4) is 0 Å². The normalized spacial score (nSPS) is 10.7. The maximum absolute atomic E-state index is 4.62. The number of nitrogens with zero attached hydrogens (tertiary/aromatic N) is 2. The molecule has 0 spiro atoms. The molecule has 17 heavy (non-hydrogen) atoms. The minimum atomic E-state index is 0.907. The van der Waals surface area contributed by atoms with Gasteiger partial charge >= 0.3 is 0 Å². The van der Waals surface area contributed by atoms with Crippen molar-refractivity contribution in [1.29, 1.82) is 0 Å². The Morgan fingerprint density at radius 3 is 2.53 bits per heavy atom. The quantitative estimate of drug-likeness (QED) is 0.647. The van der Waals surface area contributed by atoms with Crippen LogP contribution in [-0.2, 0) is 0 Å². The summed E-state index contributed by atoms with van der Waals surface area (Å²) in [4.78, 5) is 9.23. The number of nitrogens with one attached hydrogen (secondary N) is 1. The average Bonchev–Trinajstić information content (AvgIpc) is 2.38. The Hall–Kier alpha value is -1.29. The fraction of sp³-hybridized carbons (Fsp3) is 0.385. The number of anilines is 1.